The van der Waals surface area contributed by atoms with Crippen LogP contribution in [-0.4, -0.2) is 45.1 Å². The lowest BCUT2D eigenvalue weighted by Gasteiger charge is -2.31. The predicted molar refractivity (Wildman–Crippen MR) is 82.6 cm³/mol. The van der Waals surface area contributed by atoms with Gasteiger partial charge in [0.15, 0.2) is 0 Å². The molecule has 1 unspecified atom stereocenters. The van der Waals surface area contributed by atoms with Gasteiger partial charge in [-0.1, -0.05) is 26.0 Å². The highest BCUT2D eigenvalue weighted by atomic mass is 32.2. The van der Waals surface area contributed by atoms with Gasteiger partial charge in [0, 0.05) is 19.6 Å². The second-order valence-electron chi connectivity index (χ2n) is 5.19. The van der Waals surface area contributed by atoms with E-state index in [0.29, 0.717) is 24.6 Å². The second-order valence-corrected chi connectivity index (χ2v) is 7.13. The quantitative estimate of drug-likeness (QED) is 0.867. The summed E-state index contributed by atoms with van der Waals surface area (Å²) in [6.45, 7) is 7.04. The van der Waals surface area contributed by atoms with Gasteiger partial charge in [-0.05, 0) is 30.7 Å². The van der Waals surface area contributed by atoms with Crippen LogP contribution in [-0.2, 0) is 21.3 Å². The van der Waals surface area contributed by atoms with Crippen molar-refractivity contribution in [2.45, 2.75) is 37.8 Å². The maximum Gasteiger partial charge on any atom is 0.243 e. The highest BCUT2D eigenvalue weighted by Gasteiger charge is 2.29. The van der Waals surface area contributed by atoms with Crippen LogP contribution in [0, 0.1) is 0 Å². The smallest absolute Gasteiger partial charge is 0.243 e. The molecule has 1 heterocycles. The minimum Gasteiger partial charge on any atom is -0.375 e. The molecule has 1 aliphatic rings. The topological polar surface area (TPSA) is 58.6 Å². The molecule has 5 nitrogen and oxygen atoms in total. The third-order valence-corrected chi connectivity index (χ3v) is 5.58. The minimum atomic E-state index is -3.41. The first-order valence-corrected chi connectivity index (χ1v) is 8.93. The third-order valence-electron chi connectivity index (χ3n) is 3.70. The second kappa shape index (κ2) is 7.35. The standard InChI is InChI=1S/C15H24N2O3S/c1-3-14-12-17(9-10-20-14)21(18,19)15-7-5-13(6-8-15)11-16-4-2/h5-8,14,16H,3-4,9-12H2,1-2H3. The molecule has 118 valence electrons. The molecule has 2 rings (SSSR count). The first-order valence-electron chi connectivity index (χ1n) is 7.49. The van der Waals surface area contributed by atoms with Crippen molar-refractivity contribution >= 4 is 10.0 Å². The van der Waals surface area contributed by atoms with E-state index in [1.807, 2.05) is 26.0 Å². The number of morpholine rings is 1. The SMILES string of the molecule is CCNCc1ccc(S(=O)(=O)N2CCOC(CC)C2)cc1. The van der Waals surface area contributed by atoms with Gasteiger partial charge in [-0.25, -0.2) is 8.42 Å². The van der Waals surface area contributed by atoms with Gasteiger partial charge in [0.2, 0.25) is 10.0 Å². The summed E-state index contributed by atoms with van der Waals surface area (Å²) in [7, 11) is -3.41. The molecule has 1 fully saturated rings. The Balaban J connectivity index is 2.11. The summed E-state index contributed by atoms with van der Waals surface area (Å²) in [6.07, 6.45) is 0.828. The molecule has 1 aromatic rings. The maximum atomic E-state index is 12.6. The first kappa shape index (κ1) is 16.4. The van der Waals surface area contributed by atoms with Crippen molar-refractivity contribution in [2.24, 2.45) is 0 Å². The molecule has 1 aliphatic heterocycles. The lowest BCUT2D eigenvalue weighted by Crippen LogP contribution is -2.45. The molecule has 0 amide bonds. The zero-order valence-electron chi connectivity index (χ0n) is 12.7. The van der Waals surface area contributed by atoms with Crippen LogP contribution in [0.2, 0.25) is 0 Å². The fourth-order valence-corrected chi connectivity index (χ4v) is 3.81. The molecule has 0 bridgehead atoms. The Labute approximate surface area is 127 Å². The Hall–Kier alpha value is -0.950. The van der Waals surface area contributed by atoms with Gasteiger partial charge in [0.05, 0.1) is 17.6 Å². The van der Waals surface area contributed by atoms with Crippen molar-refractivity contribution in [3.63, 3.8) is 0 Å². The van der Waals surface area contributed by atoms with Crippen LogP contribution in [0.25, 0.3) is 0 Å². The highest BCUT2D eigenvalue weighted by Crippen LogP contribution is 2.20. The van der Waals surface area contributed by atoms with Crippen LogP contribution in [0.15, 0.2) is 29.2 Å². The zero-order valence-corrected chi connectivity index (χ0v) is 13.5. The summed E-state index contributed by atoms with van der Waals surface area (Å²) in [6, 6.07) is 7.12. The average molecular weight is 312 g/mol. The predicted octanol–water partition coefficient (Wildman–Crippen LogP) is 1.60. The number of ether oxygens (including phenoxy) is 1. The van der Waals surface area contributed by atoms with E-state index < -0.39 is 10.0 Å². The van der Waals surface area contributed by atoms with Crippen LogP contribution < -0.4 is 5.32 Å². The largest absolute Gasteiger partial charge is 0.375 e. The summed E-state index contributed by atoms with van der Waals surface area (Å²) in [5, 5.41) is 3.22. The van der Waals surface area contributed by atoms with Gasteiger partial charge in [0.1, 0.15) is 0 Å². The molecule has 0 aliphatic carbocycles. The lowest BCUT2D eigenvalue weighted by atomic mass is 10.2. The van der Waals surface area contributed by atoms with Gasteiger partial charge in [-0.15, -0.1) is 0 Å². The monoisotopic (exact) mass is 312 g/mol. The van der Waals surface area contributed by atoms with E-state index in [-0.39, 0.29) is 6.10 Å². The average Bonchev–Trinajstić information content (AvgIpc) is 2.53. The molecule has 0 radical (unpaired) electrons. The van der Waals surface area contributed by atoms with E-state index >= 15 is 0 Å². The van der Waals surface area contributed by atoms with Crippen molar-refractivity contribution in [1.29, 1.82) is 0 Å². The highest BCUT2D eigenvalue weighted by molar-refractivity contribution is 7.89. The molecule has 1 aromatic carbocycles. The number of rotatable bonds is 6. The van der Waals surface area contributed by atoms with E-state index in [4.69, 9.17) is 4.74 Å². The Kier molecular flexibility index (Phi) is 5.75. The Morgan fingerprint density at radius 1 is 1.29 bits per heavy atom. The maximum absolute atomic E-state index is 12.6. The molecule has 1 atom stereocenters. The fourth-order valence-electron chi connectivity index (χ4n) is 2.36. The summed E-state index contributed by atoms with van der Waals surface area (Å²) in [5.74, 6) is 0. The van der Waals surface area contributed by atoms with E-state index in [9.17, 15) is 8.42 Å². The molecule has 1 saturated heterocycles. The van der Waals surface area contributed by atoms with Crippen LogP contribution in [0.1, 0.15) is 25.8 Å². The lowest BCUT2D eigenvalue weighted by molar-refractivity contribution is -0.00277. The molecule has 0 spiro atoms. The molecule has 0 saturated carbocycles. The van der Waals surface area contributed by atoms with Gasteiger partial charge in [-0.3, -0.25) is 0 Å². The number of hydrogen-bond acceptors (Lipinski definition) is 4. The van der Waals surface area contributed by atoms with Crippen molar-refractivity contribution in [1.82, 2.24) is 9.62 Å². The number of nitrogens with one attached hydrogen (secondary N) is 1. The number of nitrogens with zero attached hydrogens (tertiary/aromatic N) is 1. The van der Waals surface area contributed by atoms with E-state index in [1.54, 1.807) is 12.1 Å². The van der Waals surface area contributed by atoms with Crippen molar-refractivity contribution in [3.8, 4) is 0 Å². The van der Waals surface area contributed by atoms with Crippen LogP contribution in [0.4, 0.5) is 0 Å². The fraction of sp³-hybridized carbons (Fsp3) is 0.600. The number of sulfonamides is 1. The van der Waals surface area contributed by atoms with Gasteiger partial charge >= 0.3 is 0 Å². The summed E-state index contributed by atoms with van der Waals surface area (Å²) >= 11 is 0. The van der Waals surface area contributed by atoms with E-state index in [0.717, 1.165) is 25.1 Å². The molecule has 6 heteroatoms. The van der Waals surface area contributed by atoms with Crippen molar-refractivity contribution < 1.29 is 13.2 Å². The first-order chi connectivity index (χ1) is 10.1. The molecule has 1 N–H and O–H groups in total. The summed E-state index contributed by atoms with van der Waals surface area (Å²) in [5.41, 5.74) is 1.09. The Bertz CT molecular complexity index is 543. The Morgan fingerprint density at radius 2 is 2.00 bits per heavy atom. The normalized spacial score (nSPS) is 20.6. The van der Waals surface area contributed by atoms with E-state index in [2.05, 4.69) is 5.32 Å². The molecular formula is C15H24N2O3S. The van der Waals surface area contributed by atoms with Crippen LogP contribution >= 0.6 is 0 Å². The van der Waals surface area contributed by atoms with Crippen molar-refractivity contribution in [3.05, 3.63) is 29.8 Å². The molecule has 21 heavy (non-hydrogen) atoms. The summed E-state index contributed by atoms with van der Waals surface area (Å²) in [4.78, 5) is 0.361. The molecule has 0 aromatic heterocycles. The zero-order chi connectivity index (χ0) is 15.3. The molecular weight excluding hydrogens is 288 g/mol. The van der Waals surface area contributed by atoms with Gasteiger partial charge in [-0.2, -0.15) is 4.31 Å². The minimum absolute atomic E-state index is 0.00144. The third kappa shape index (κ3) is 4.03. The Morgan fingerprint density at radius 3 is 2.62 bits per heavy atom. The number of hydrogen-bond donors (Lipinski definition) is 1. The van der Waals surface area contributed by atoms with Crippen LogP contribution in [0.3, 0.4) is 0 Å². The summed E-state index contributed by atoms with van der Waals surface area (Å²) < 4.78 is 32.3. The van der Waals surface area contributed by atoms with Crippen molar-refractivity contribution in [2.75, 3.05) is 26.2 Å². The van der Waals surface area contributed by atoms with Crippen LogP contribution in [0.5, 0.6) is 0 Å². The van der Waals surface area contributed by atoms with Gasteiger partial charge in [0.25, 0.3) is 0 Å². The number of benzene rings is 1. The van der Waals surface area contributed by atoms with Gasteiger partial charge < -0.3 is 10.1 Å². The van der Waals surface area contributed by atoms with E-state index in [1.165, 1.54) is 4.31 Å².